The van der Waals surface area contributed by atoms with E-state index < -0.39 is 0 Å². The third-order valence-electron chi connectivity index (χ3n) is 5.97. The lowest BCUT2D eigenvalue weighted by Crippen LogP contribution is -2.25. The van der Waals surface area contributed by atoms with Gasteiger partial charge in [-0.2, -0.15) is 0 Å². The maximum Gasteiger partial charge on any atom is 0.251 e. The first kappa shape index (κ1) is 20.6. The first-order chi connectivity index (χ1) is 15.8. The van der Waals surface area contributed by atoms with Crippen LogP contribution in [0.3, 0.4) is 0 Å². The van der Waals surface area contributed by atoms with E-state index in [0.29, 0.717) is 18.7 Å². The van der Waals surface area contributed by atoms with E-state index in [2.05, 4.69) is 32.7 Å². The number of rotatable bonds is 7. The molecule has 0 spiro atoms. The number of aryl methyl sites for hydroxylation is 2. The Kier molecular flexibility index (Phi) is 6.12. The number of nitrogens with zero attached hydrogens (tertiary/aromatic N) is 2. The highest BCUT2D eigenvalue weighted by Gasteiger charge is 2.19. The van der Waals surface area contributed by atoms with Crippen molar-refractivity contribution in [3.05, 3.63) is 88.1 Å². The predicted molar refractivity (Wildman–Crippen MR) is 130 cm³/mol. The van der Waals surface area contributed by atoms with Crippen LogP contribution >= 0.6 is 11.3 Å². The fraction of sp³-hybridized carbons (Fsp3) is 0.269. The van der Waals surface area contributed by atoms with Gasteiger partial charge in [0.15, 0.2) is 0 Å². The Bertz CT molecular complexity index is 1220. The van der Waals surface area contributed by atoms with Crippen molar-refractivity contribution in [2.75, 3.05) is 11.9 Å². The Morgan fingerprint density at radius 2 is 1.75 bits per heavy atom. The Labute approximate surface area is 191 Å². The van der Waals surface area contributed by atoms with Gasteiger partial charge in [0, 0.05) is 23.5 Å². The van der Waals surface area contributed by atoms with Gasteiger partial charge in [0.2, 0.25) is 0 Å². The number of carbonyl (C=O) groups is 1. The molecule has 1 aliphatic carbocycles. The number of thiophene rings is 1. The van der Waals surface area contributed by atoms with Crippen LogP contribution in [0.15, 0.2) is 60.9 Å². The molecule has 0 unspecified atom stereocenters. The van der Waals surface area contributed by atoms with Crippen LogP contribution in [0.1, 0.15) is 44.8 Å². The zero-order valence-electron chi connectivity index (χ0n) is 17.9. The van der Waals surface area contributed by atoms with Crippen LogP contribution in [-0.2, 0) is 25.8 Å². The van der Waals surface area contributed by atoms with Gasteiger partial charge in [-0.15, -0.1) is 11.3 Å². The van der Waals surface area contributed by atoms with Crippen LogP contribution < -0.4 is 10.6 Å². The molecule has 32 heavy (non-hydrogen) atoms. The topological polar surface area (TPSA) is 66.9 Å². The first-order valence-corrected chi connectivity index (χ1v) is 12.0. The minimum Gasteiger partial charge on any atom is -0.365 e. The summed E-state index contributed by atoms with van der Waals surface area (Å²) in [4.78, 5) is 24.0. The summed E-state index contributed by atoms with van der Waals surface area (Å²) in [7, 11) is 0. The van der Waals surface area contributed by atoms with Gasteiger partial charge in [-0.25, -0.2) is 9.97 Å². The number of anilines is 1. The number of amides is 1. The quantitative estimate of drug-likeness (QED) is 0.415. The fourth-order valence-corrected chi connectivity index (χ4v) is 5.48. The van der Waals surface area contributed by atoms with Crippen molar-refractivity contribution >= 4 is 33.3 Å². The molecule has 0 bridgehead atoms. The zero-order valence-corrected chi connectivity index (χ0v) is 18.8. The van der Waals surface area contributed by atoms with Crippen LogP contribution in [0.5, 0.6) is 0 Å². The number of nitrogens with one attached hydrogen (secondary N) is 2. The average Bonchev–Trinajstić information content (AvgIpc) is 3.23. The maximum absolute atomic E-state index is 12.4. The summed E-state index contributed by atoms with van der Waals surface area (Å²) in [5, 5.41) is 7.69. The minimum absolute atomic E-state index is 0.0390. The molecule has 0 fully saturated rings. The Balaban J connectivity index is 1.20. The Morgan fingerprint density at radius 3 is 2.59 bits per heavy atom. The molecule has 0 radical (unpaired) electrons. The van der Waals surface area contributed by atoms with E-state index in [9.17, 15) is 4.79 Å². The molecule has 0 aliphatic heterocycles. The molecule has 4 aromatic rings. The summed E-state index contributed by atoms with van der Waals surface area (Å²) in [5.41, 5.74) is 4.45. The summed E-state index contributed by atoms with van der Waals surface area (Å²) < 4.78 is 0. The molecule has 0 saturated heterocycles. The van der Waals surface area contributed by atoms with Crippen LogP contribution in [0.2, 0.25) is 0 Å². The normalized spacial score (nSPS) is 13.0. The lowest BCUT2D eigenvalue weighted by molar-refractivity contribution is 0.0954. The molecule has 2 N–H and O–H groups in total. The van der Waals surface area contributed by atoms with Crippen molar-refractivity contribution in [2.45, 2.75) is 38.6 Å². The number of benzene rings is 2. The van der Waals surface area contributed by atoms with Crippen molar-refractivity contribution in [2.24, 2.45) is 0 Å². The molecular weight excluding hydrogens is 416 g/mol. The Morgan fingerprint density at radius 1 is 0.938 bits per heavy atom. The third kappa shape index (κ3) is 4.50. The van der Waals surface area contributed by atoms with Crippen molar-refractivity contribution in [1.82, 2.24) is 15.3 Å². The lowest BCUT2D eigenvalue weighted by Gasteiger charge is -2.12. The Hall–Kier alpha value is -3.25. The lowest BCUT2D eigenvalue weighted by atomic mass is 9.97. The summed E-state index contributed by atoms with van der Waals surface area (Å²) in [6.45, 7) is 1.29. The highest BCUT2D eigenvalue weighted by atomic mass is 32.1. The summed E-state index contributed by atoms with van der Waals surface area (Å²) in [6, 6.07) is 18.0. The van der Waals surface area contributed by atoms with Crippen LogP contribution in [0.25, 0.3) is 10.2 Å². The number of hydrogen-bond donors (Lipinski definition) is 2. The summed E-state index contributed by atoms with van der Waals surface area (Å²) in [5.74, 6) is 0.875. The molecule has 0 atom stereocenters. The first-order valence-electron chi connectivity index (χ1n) is 11.2. The monoisotopic (exact) mass is 442 g/mol. The number of hydrogen-bond acceptors (Lipinski definition) is 5. The smallest absolute Gasteiger partial charge is 0.251 e. The van der Waals surface area contributed by atoms with E-state index in [1.54, 1.807) is 6.33 Å². The van der Waals surface area contributed by atoms with E-state index in [1.807, 2.05) is 53.8 Å². The molecule has 2 aromatic carbocycles. The fourth-order valence-electron chi connectivity index (χ4n) is 4.25. The molecule has 1 aliphatic rings. The van der Waals surface area contributed by atoms with E-state index in [4.69, 9.17) is 0 Å². The largest absolute Gasteiger partial charge is 0.365 e. The molecule has 5 rings (SSSR count). The van der Waals surface area contributed by atoms with Gasteiger partial charge in [0.1, 0.15) is 17.0 Å². The SMILES string of the molecule is O=C(NCCc1ccccc1)c1ccc(CNc2ncnc3sc4c(c23)CCCC4)cc1. The van der Waals surface area contributed by atoms with Crippen LogP contribution in [0.4, 0.5) is 5.82 Å². The molecule has 2 aromatic heterocycles. The molecule has 162 valence electrons. The van der Waals surface area contributed by atoms with Crippen LogP contribution in [0, 0.1) is 0 Å². The highest BCUT2D eigenvalue weighted by Crippen LogP contribution is 2.38. The van der Waals surface area contributed by atoms with Crippen molar-refractivity contribution in [1.29, 1.82) is 0 Å². The number of fused-ring (bicyclic) bond motifs is 3. The van der Waals surface area contributed by atoms with Crippen molar-refractivity contribution in [3.63, 3.8) is 0 Å². The van der Waals surface area contributed by atoms with Gasteiger partial charge < -0.3 is 10.6 Å². The van der Waals surface area contributed by atoms with Crippen molar-refractivity contribution in [3.8, 4) is 0 Å². The van der Waals surface area contributed by atoms with E-state index >= 15 is 0 Å². The second-order valence-electron chi connectivity index (χ2n) is 8.16. The average molecular weight is 443 g/mol. The highest BCUT2D eigenvalue weighted by molar-refractivity contribution is 7.19. The van der Waals surface area contributed by atoms with E-state index in [0.717, 1.165) is 35.5 Å². The summed E-state index contributed by atoms with van der Waals surface area (Å²) >= 11 is 1.81. The van der Waals surface area contributed by atoms with Crippen molar-refractivity contribution < 1.29 is 4.79 Å². The van der Waals surface area contributed by atoms with Crippen LogP contribution in [-0.4, -0.2) is 22.4 Å². The number of carbonyl (C=O) groups excluding carboxylic acids is 1. The van der Waals surface area contributed by atoms with Gasteiger partial charge in [-0.05, 0) is 60.9 Å². The molecule has 5 nitrogen and oxygen atoms in total. The van der Waals surface area contributed by atoms with Gasteiger partial charge in [0.25, 0.3) is 5.91 Å². The van der Waals surface area contributed by atoms with Gasteiger partial charge in [0.05, 0.1) is 5.39 Å². The predicted octanol–water partition coefficient (Wildman–Crippen LogP) is 5.15. The molecule has 2 heterocycles. The van der Waals surface area contributed by atoms with Gasteiger partial charge in [-0.3, -0.25) is 4.79 Å². The maximum atomic E-state index is 12.4. The molecule has 0 saturated carbocycles. The standard InChI is InChI=1S/C26H26N4OS/c31-25(27-15-14-18-6-2-1-3-7-18)20-12-10-19(11-13-20)16-28-24-23-21-8-4-5-9-22(21)32-26(23)30-17-29-24/h1-3,6-7,10-13,17H,4-5,8-9,14-16H2,(H,27,31)(H,28,29,30). The van der Waals surface area contributed by atoms with E-state index in [1.165, 1.54) is 34.2 Å². The van der Waals surface area contributed by atoms with E-state index in [-0.39, 0.29) is 5.91 Å². The minimum atomic E-state index is -0.0390. The molecule has 6 heteroatoms. The molecular formula is C26H26N4OS. The molecule has 1 amide bonds. The second kappa shape index (κ2) is 9.49. The second-order valence-corrected chi connectivity index (χ2v) is 9.24. The zero-order chi connectivity index (χ0) is 21.8. The van der Waals surface area contributed by atoms with Gasteiger partial charge in [-0.1, -0.05) is 42.5 Å². The number of aromatic nitrogens is 2. The van der Waals surface area contributed by atoms with Gasteiger partial charge >= 0.3 is 0 Å². The summed E-state index contributed by atoms with van der Waals surface area (Å²) in [6.07, 6.45) is 7.25. The third-order valence-corrected chi connectivity index (χ3v) is 7.17.